The number of rotatable bonds is 9. The number of sulfone groups is 1. The van der Waals surface area contributed by atoms with E-state index < -0.39 is 9.84 Å². The summed E-state index contributed by atoms with van der Waals surface area (Å²) in [4.78, 5) is 21.9. The normalized spacial score (nSPS) is 11.9. The Morgan fingerprint density at radius 2 is 1.71 bits per heavy atom. The third-order valence-corrected chi connectivity index (χ3v) is 7.98. The van der Waals surface area contributed by atoms with Crippen LogP contribution < -0.4 is 4.90 Å². The summed E-state index contributed by atoms with van der Waals surface area (Å²) in [5.41, 5.74) is 1.01. The Morgan fingerprint density at radius 1 is 1.03 bits per heavy atom. The molecule has 0 saturated carbocycles. The van der Waals surface area contributed by atoms with Gasteiger partial charge < -0.3 is 4.90 Å². The predicted octanol–water partition coefficient (Wildman–Crippen LogP) is 4.22. The van der Waals surface area contributed by atoms with Crippen molar-refractivity contribution in [1.29, 1.82) is 0 Å². The predicted molar refractivity (Wildman–Crippen MR) is 123 cm³/mol. The highest BCUT2D eigenvalue weighted by molar-refractivity contribution is 7.91. The van der Waals surface area contributed by atoms with Gasteiger partial charge in [0, 0.05) is 18.7 Å². The summed E-state index contributed by atoms with van der Waals surface area (Å²) in [5, 5.41) is 0.489. The van der Waals surface area contributed by atoms with Crippen molar-refractivity contribution >= 4 is 42.4 Å². The Bertz CT molecular complexity index is 1160. The molecule has 1 aromatic heterocycles. The molecule has 0 fully saturated rings. The summed E-state index contributed by atoms with van der Waals surface area (Å²) < 4.78 is 38.4. The number of fused-ring (bicyclic) bond motifs is 1. The fraction of sp³-hybridized carbons (Fsp3) is 0.364. The molecule has 3 rings (SSSR count). The highest BCUT2D eigenvalue weighted by Gasteiger charge is 2.23. The summed E-state index contributed by atoms with van der Waals surface area (Å²) in [7, 11) is -3.34. The first-order chi connectivity index (χ1) is 14.8. The zero-order valence-electron chi connectivity index (χ0n) is 17.8. The molecule has 9 heteroatoms. The van der Waals surface area contributed by atoms with E-state index in [2.05, 4.69) is 23.7 Å². The molecule has 31 heavy (non-hydrogen) atoms. The van der Waals surface area contributed by atoms with E-state index in [-0.39, 0.29) is 22.4 Å². The van der Waals surface area contributed by atoms with Gasteiger partial charge in [0.25, 0.3) is 5.91 Å². The van der Waals surface area contributed by atoms with Gasteiger partial charge in [-0.05, 0) is 55.6 Å². The van der Waals surface area contributed by atoms with E-state index in [9.17, 15) is 17.6 Å². The van der Waals surface area contributed by atoms with Crippen molar-refractivity contribution in [3.8, 4) is 0 Å². The molecular weight excluding hydrogens is 437 g/mol. The first kappa shape index (κ1) is 23.3. The van der Waals surface area contributed by atoms with Gasteiger partial charge >= 0.3 is 0 Å². The molecule has 0 aliphatic heterocycles. The lowest BCUT2D eigenvalue weighted by Gasteiger charge is -2.24. The van der Waals surface area contributed by atoms with Crippen LogP contribution in [0.15, 0.2) is 47.4 Å². The molecule has 0 N–H and O–H groups in total. The van der Waals surface area contributed by atoms with Gasteiger partial charge in [-0.25, -0.2) is 17.8 Å². The number of benzene rings is 2. The number of carbonyl (C=O) groups excluding carboxylic acids is 1. The maximum Gasteiger partial charge on any atom is 0.260 e. The lowest BCUT2D eigenvalue weighted by molar-refractivity contribution is 0.0983. The van der Waals surface area contributed by atoms with Gasteiger partial charge in [0.1, 0.15) is 5.82 Å². The number of amides is 1. The topological polar surface area (TPSA) is 70.6 Å². The van der Waals surface area contributed by atoms with Crippen LogP contribution in [-0.2, 0) is 9.84 Å². The van der Waals surface area contributed by atoms with Gasteiger partial charge in [-0.2, -0.15) is 0 Å². The van der Waals surface area contributed by atoms with Crippen molar-refractivity contribution < 1.29 is 17.6 Å². The Kier molecular flexibility index (Phi) is 7.40. The number of hydrogen-bond donors (Lipinski definition) is 0. The number of halogens is 1. The van der Waals surface area contributed by atoms with E-state index in [0.29, 0.717) is 34.0 Å². The molecule has 0 aliphatic carbocycles. The van der Waals surface area contributed by atoms with E-state index in [0.717, 1.165) is 13.1 Å². The smallest absolute Gasteiger partial charge is 0.260 e. The van der Waals surface area contributed by atoms with E-state index in [1.165, 1.54) is 47.7 Å². The van der Waals surface area contributed by atoms with Gasteiger partial charge in [0.05, 0.1) is 20.9 Å². The van der Waals surface area contributed by atoms with Crippen LogP contribution in [0.1, 0.15) is 31.1 Å². The molecule has 0 radical (unpaired) electrons. The molecule has 3 aromatic rings. The monoisotopic (exact) mass is 463 g/mol. The number of nitrogens with zero attached hydrogens (tertiary/aromatic N) is 3. The van der Waals surface area contributed by atoms with Crippen LogP contribution in [0.5, 0.6) is 0 Å². The van der Waals surface area contributed by atoms with Gasteiger partial charge in [-0.3, -0.25) is 9.69 Å². The fourth-order valence-electron chi connectivity index (χ4n) is 3.19. The lowest BCUT2D eigenvalue weighted by atomic mass is 10.2. The van der Waals surface area contributed by atoms with Crippen LogP contribution >= 0.6 is 11.3 Å². The molecule has 1 heterocycles. The lowest BCUT2D eigenvalue weighted by Crippen LogP contribution is -2.38. The van der Waals surface area contributed by atoms with Crippen molar-refractivity contribution in [1.82, 2.24) is 9.88 Å². The second-order valence-corrected chi connectivity index (χ2v) is 10.3. The van der Waals surface area contributed by atoms with Gasteiger partial charge in [-0.15, -0.1) is 0 Å². The number of aromatic nitrogens is 1. The van der Waals surface area contributed by atoms with Crippen molar-refractivity contribution in [2.45, 2.75) is 25.7 Å². The van der Waals surface area contributed by atoms with Crippen molar-refractivity contribution in [2.75, 3.05) is 36.8 Å². The molecule has 0 saturated heterocycles. The number of hydrogen-bond acceptors (Lipinski definition) is 6. The van der Waals surface area contributed by atoms with Crippen LogP contribution in [0.2, 0.25) is 0 Å². The van der Waals surface area contributed by atoms with Gasteiger partial charge in [0.2, 0.25) is 0 Å². The molecule has 0 spiro atoms. The first-order valence-corrected chi connectivity index (χ1v) is 12.7. The van der Waals surface area contributed by atoms with Crippen LogP contribution in [0.25, 0.3) is 10.2 Å². The average Bonchev–Trinajstić information content (AvgIpc) is 3.19. The Labute approximate surface area is 186 Å². The van der Waals surface area contributed by atoms with Crippen LogP contribution in [0, 0.1) is 5.82 Å². The molecule has 2 aromatic carbocycles. The minimum atomic E-state index is -3.34. The molecule has 166 valence electrons. The van der Waals surface area contributed by atoms with Crippen LogP contribution in [0.4, 0.5) is 9.52 Å². The van der Waals surface area contributed by atoms with E-state index >= 15 is 0 Å². The number of anilines is 1. The zero-order chi connectivity index (χ0) is 22.6. The van der Waals surface area contributed by atoms with Crippen molar-refractivity contribution in [2.24, 2.45) is 0 Å². The zero-order valence-corrected chi connectivity index (χ0v) is 19.5. The minimum Gasteiger partial charge on any atom is -0.302 e. The first-order valence-electron chi connectivity index (χ1n) is 10.2. The SMILES string of the molecule is CCN(CC)CCN(C(=O)c1ccc(S(=O)(=O)CC)cc1)c1nc2ccc(F)cc2s1. The Balaban J connectivity index is 1.95. The third kappa shape index (κ3) is 5.28. The van der Waals surface area contributed by atoms with E-state index in [4.69, 9.17) is 0 Å². The number of carbonyl (C=O) groups is 1. The minimum absolute atomic E-state index is 0.00144. The standard InChI is InChI=1S/C22H26FN3O3S2/c1-4-25(5-2)13-14-26(22-24-19-12-9-17(23)15-20(19)30-22)21(27)16-7-10-18(11-8-16)31(28,29)6-3/h7-12,15H,4-6,13-14H2,1-3H3. The van der Waals surface area contributed by atoms with Gasteiger partial charge in [0.15, 0.2) is 15.0 Å². The van der Waals surface area contributed by atoms with Gasteiger partial charge in [-0.1, -0.05) is 32.1 Å². The Hall–Kier alpha value is -2.36. The highest BCUT2D eigenvalue weighted by atomic mass is 32.2. The molecule has 6 nitrogen and oxygen atoms in total. The van der Waals surface area contributed by atoms with E-state index in [1.54, 1.807) is 17.9 Å². The summed E-state index contributed by atoms with van der Waals surface area (Å²) in [6.07, 6.45) is 0. The highest BCUT2D eigenvalue weighted by Crippen LogP contribution is 2.30. The quantitative estimate of drug-likeness (QED) is 0.475. The van der Waals surface area contributed by atoms with Crippen molar-refractivity contribution in [3.63, 3.8) is 0 Å². The average molecular weight is 464 g/mol. The summed E-state index contributed by atoms with van der Waals surface area (Å²) >= 11 is 1.26. The Morgan fingerprint density at radius 3 is 2.32 bits per heavy atom. The molecule has 0 bridgehead atoms. The number of likely N-dealkylation sites (N-methyl/N-ethyl adjacent to an activating group) is 1. The largest absolute Gasteiger partial charge is 0.302 e. The van der Waals surface area contributed by atoms with Crippen molar-refractivity contribution in [3.05, 3.63) is 53.8 Å². The molecule has 0 aliphatic rings. The summed E-state index contributed by atoms with van der Waals surface area (Å²) in [6, 6.07) is 10.3. The number of thiazole rings is 1. The fourth-order valence-corrected chi connectivity index (χ4v) is 5.09. The van der Waals surface area contributed by atoms with Crippen LogP contribution in [0.3, 0.4) is 0 Å². The second-order valence-electron chi connectivity index (χ2n) is 7.02. The summed E-state index contributed by atoms with van der Waals surface area (Å²) in [6.45, 7) is 8.48. The third-order valence-electron chi connectivity index (χ3n) is 5.19. The van der Waals surface area contributed by atoms with E-state index in [1.807, 2.05) is 0 Å². The second kappa shape index (κ2) is 9.84. The molecule has 0 unspecified atom stereocenters. The maximum absolute atomic E-state index is 13.6. The summed E-state index contributed by atoms with van der Waals surface area (Å²) in [5.74, 6) is -0.623. The molecule has 1 amide bonds. The maximum atomic E-state index is 13.6. The molecular formula is C22H26FN3O3S2. The van der Waals surface area contributed by atoms with Crippen LogP contribution in [-0.4, -0.2) is 56.1 Å². The molecule has 0 atom stereocenters.